The molecule has 2 rings (SSSR count). The largest absolute Gasteiger partial charge is 0.456 e. The summed E-state index contributed by atoms with van der Waals surface area (Å²) < 4.78 is 6.93. The summed E-state index contributed by atoms with van der Waals surface area (Å²) in [5.74, 6) is 1.59. The Hall–Kier alpha value is -1.39. The van der Waals surface area contributed by atoms with Gasteiger partial charge in [0.2, 0.25) is 0 Å². The SMILES string of the molecule is CCCNCc1cncc(Oc2ccc(Br)c(C)c2)c1. The zero-order valence-electron chi connectivity index (χ0n) is 11.8. The molecule has 0 aliphatic heterocycles. The Labute approximate surface area is 128 Å². The minimum atomic E-state index is 0.766. The van der Waals surface area contributed by atoms with Gasteiger partial charge in [-0.05, 0) is 55.3 Å². The Balaban J connectivity index is 2.05. The second-order valence-electron chi connectivity index (χ2n) is 4.72. The summed E-state index contributed by atoms with van der Waals surface area (Å²) in [7, 11) is 0. The Morgan fingerprint density at radius 3 is 2.80 bits per heavy atom. The molecule has 0 unspecified atom stereocenters. The fraction of sp³-hybridized carbons (Fsp3) is 0.312. The number of nitrogens with zero attached hydrogens (tertiary/aromatic N) is 1. The van der Waals surface area contributed by atoms with Crippen molar-refractivity contribution in [2.24, 2.45) is 0 Å². The van der Waals surface area contributed by atoms with Crippen LogP contribution in [-0.2, 0) is 6.54 Å². The molecule has 4 heteroatoms. The lowest BCUT2D eigenvalue weighted by molar-refractivity contribution is 0.478. The second-order valence-corrected chi connectivity index (χ2v) is 5.57. The summed E-state index contributed by atoms with van der Waals surface area (Å²) in [5, 5.41) is 3.36. The number of benzene rings is 1. The van der Waals surface area contributed by atoms with E-state index in [4.69, 9.17) is 4.74 Å². The van der Waals surface area contributed by atoms with Crippen LogP contribution in [0.25, 0.3) is 0 Å². The van der Waals surface area contributed by atoms with E-state index >= 15 is 0 Å². The van der Waals surface area contributed by atoms with E-state index in [1.807, 2.05) is 37.4 Å². The third-order valence-corrected chi connectivity index (χ3v) is 3.78. The maximum atomic E-state index is 5.85. The number of halogens is 1. The van der Waals surface area contributed by atoms with Gasteiger partial charge in [0.25, 0.3) is 0 Å². The van der Waals surface area contributed by atoms with Crippen LogP contribution in [-0.4, -0.2) is 11.5 Å². The van der Waals surface area contributed by atoms with Gasteiger partial charge in [0.1, 0.15) is 11.5 Å². The van der Waals surface area contributed by atoms with Crippen LogP contribution in [0.1, 0.15) is 24.5 Å². The number of rotatable bonds is 6. The standard InChI is InChI=1S/C16H19BrN2O/c1-3-6-18-9-13-8-15(11-19-10-13)20-14-4-5-16(17)12(2)7-14/h4-5,7-8,10-11,18H,3,6,9H2,1-2H3. The molecule has 1 aromatic carbocycles. The van der Waals surface area contributed by atoms with Crippen molar-refractivity contribution in [3.05, 3.63) is 52.3 Å². The molecule has 2 aromatic rings. The van der Waals surface area contributed by atoms with Crippen molar-refractivity contribution < 1.29 is 4.74 Å². The predicted molar refractivity (Wildman–Crippen MR) is 85.2 cm³/mol. The average molecular weight is 335 g/mol. The van der Waals surface area contributed by atoms with Gasteiger partial charge in [-0.25, -0.2) is 0 Å². The van der Waals surface area contributed by atoms with Crippen LogP contribution in [0.3, 0.4) is 0 Å². The maximum absolute atomic E-state index is 5.85. The normalized spacial score (nSPS) is 10.6. The first-order chi connectivity index (χ1) is 9.69. The molecule has 3 nitrogen and oxygen atoms in total. The van der Waals surface area contributed by atoms with Crippen molar-refractivity contribution in [2.45, 2.75) is 26.8 Å². The predicted octanol–water partition coefficient (Wildman–Crippen LogP) is 4.44. The van der Waals surface area contributed by atoms with Crippen molar-refractivity contribution in [3.63, 3.8) is 0 Å². The van der Waals surface area contributed by atoms with Crippen LogP contribution in [0.15, 0.2) is 41.1 Å². The molecule has 0 aliphatic rings. The van der Waals surface area contributed by atoms with Crippen molar-refractivity contribution >= 4 is 15.9 Å². The van der Waals surface area contributed by atoms with Crippen molar-refractivity contribution in [1.29, 1.82) is 0 Å². The van der Waals surface area contributed by atoms with E-state index in [1.54, 1.807) is 6.20 Å². The molecule has 20 heavy (non-hydrogen) atoms. The highest BCUT2D eigenvalue weighted by Crippen LogP contribution is 2.26. The monoisotopic (exact) mass is 334 g/mol. The number of aromatic nitrogens is 1. The molecule has 1 aromatic heterocycles. The number of ether oxygens (including phenoxy) is 1. The first-order valence-electron chi connectivity index (χ1n) is 6.77. The summed E-state index contributed by atoms with van der Waals surface area (Å²) in [6, 6.07) is 7.96. The highest BCUT2D eigenvalue weighted by Gasteiger charge is 2.02. The van der Waals surface area contributed by atoms with Gasteiger partial charge in [0, 0.05) is 17.2 Å². The molecule has 0 aliphatic carbocycles. The Morgan fingerprint density at radius 2 is 2.05 bits per heavy atom. The Bertz CT molecular complexity index is 572. The number of hydrogen-bond acceptors (Lipinski definition) is 3. The number of aryl methyl sites for hydroxylation is 1. The number of pyridine rings is 1. The van der Waals surface area contributed by atoms with Gasteiger partial charge in [-0.3, -0.25) is 4.98 Å². The smallest absolute Gasteiger partial charge is 0.146 e. The van der Waals surface area contributed by atoms with Crippen molar-refractivity contribution in [1.82, 2.24) is 10.3 Å². The zero-order valence-corrected chi connectivity index (χ0v) is 13.4. The molecule has 0 saturated heterocycles. The Kier molecular flexibility index (Phi) is 5.56. The molecule has 0 saturated carbocycles. The average Bonchev–Trinajstić information content (AvgIpc) is 2.44. The van der Waals surface area contributed by atoms with Crippen LogP contribution >= 0.6 is 15.9 Å². The van der Waals surface area contributed by atoms with Gasteiger partial charge in [-0.1, -0.05) is 22.9 Å². The Morgan fingerprint density at radius 1 is 1.20 bits per heavy atom. The highest BCUT2D eigenvalue weighted by atomic mass is 79.9. The molecule has 0 amide bonds. The molecule has 1 N–H and O–H groups in total. The van der Waals surface area contributed by atoms with E-state index in [2.05, 4.69) is 33.2 Å². The van der Waals surface area contributed by atoms with E-state index in [9.17, 15) is 0 Å². The van der Waals surface area contributed by atoms with Crippen molar-refractivity contribution in [2.75, 3.05) is 6.54 Å². The van der Waals surface area contributed by atoms with Gasteiger partial charge in [-0.2, -0.15) is 0 Å². The van der Waals surface area contributed by atoms with Gasteiger partial charge in [-0.15, -0.1) is 0 Å². The molecular formula is C16H19BrN2O. The van der Waals surface area contributed by atoms with E-state index in [1.165, 1.54) is 0 Å². The third-order valence-electron chi connectivity index (χ3n) is 2.89. The minimum Gasteiger partial charge on any atom is -0.456 e. The maximum Gasteiger partial charge on any atom is 0.146 e. The molecule has 0 atom stereocenters. The van der Waals surface area contributed by atoms with Gasteiger partial charge >= 0.3 is 0 Å². The summed E-state index contributed by atoms with van der Waals surface area (Å²) in [6.45, 7) is 6.02. The van der Waals surface area contributed by atoms with Crippen LogP contribution in [0.5, 0.6) is 11.5 Å². The first-order valence-corrected chi connectivity index (χ1v) is 7.57. The summed E-state index contributed by atoms with van der Waals surface area (Å²) in [6.07, 6.45) is 4.73. The minimum absolute atomic E-state index is 0.766. The van der Waals surface area contributed by atoms with Crippen LogP contribution in [0.2, 0.25) is 0 Å². The highest BCUT2D eigenvalue weighted by molar-refractivity contribution is 9.10. The molecule has 1 heterocycles. The summed E-state index contributed by atoms with van der Waals surface area (Å²) in [4.78, 5) is 4.23. The van der Waals surface area contributed by atoms with E-state index in [-0.39, 0.29) is 0 Å². The molecule has 106 valence electrons. The quantitative estimate of drug-likeness (QED) is 0.792. The van der Waals surface area contributed by atoms with Crippen LogP contribution < -0.4 is 10.1 Å². The molecular weight excluding hydrogens is 316 g/mol. The molecule has 0 fully saturated rings. The van der Waals surface area contributed by atoms with Gasteiger partial charge < -0.3 is 10.1 Å². The summed E-state index contributed by atoms with van der Waals surface area (Å²) >= 11 is 3.49. The summed E-state index contributed by atoms with van der Waals surface area (Å²) in [5.41, 5.74) is 2.28. The first kappa shape index (κ1) is 15.0. The van der Waals surface area contributed by atoms with Crippen LogP contribution in [0, 0.1) is 6.92 Å². The van der Waals surface area contributed by atoms with E-state index in [0.717, 1.165) is 46.6 Å². The lowest BCUT2D eigenvalue weighted by Crippen LogP contribution is -2.13. The number of nitrogens with one attached hydrogen (secondary N) is 1. The molecule has 0 bridgehead atoms. The van der Waals surface area contributed by atoms with Gasteiger partial charge in [0.15, 0.2) is 0 Å². The van der Waals surface area contributed by atoms with E-state index < -0.39 is 0 Å². The fourth-order valence-corrected chi connectivity index (χ4v) is 2.09. The molecule has 0 radical (unpaired) electrons. The third kappa shape index (κ3) is 4.32. The van der Waals surface area contributed by atoms with Crippen molar-refractivity contribution in [3.8, 4) is 11.5 Å². The fourth-order valence-electron chi connectivity index (χ4n) is 1.84. The van der Waals surface area contributed by atoms with E-state index in [0.29, 0.717) is 0 Å². The van der Waals surface area contributed by atoms with Crippen LogP contribution in [0.4, 0.5) is 0 Å². The second kappa shape index (κ2) is 7.41. The zero-order chi connectivity index (χ0) is 14.4. The van der Waals surface area contributed by atoms with Gasteiger partial charge in [0.05, 0.1) is 6.20 Å². The lowest BCUT2D eigenvalue weighted by atomic mass is 10.2. The number of hydrogen-bond donors (Lipinski definition) is 1. The lowest BCUT2D eigenvalue weighted by Gasteiger charge is -2.09. The topological polar surface area (TPSA) is 34.2 Å². The molecule has 0 spiro atoms.